The van der Waals surface area contributed by atoms with Crippen molar-refractivity contribution in [3.05, 3.63) is 52.0 Å². The molecule has 4 nitrogen and oxygen atoms in total. The van der Waals surface area contributed by atoms with E-state index in [2.05, 4.69) is 5.32 Å². The number of carbonyl (C=O) groups excluding carboxylic acids is 1. The Bertz CT molecular complexity index is 698. The highest BCUT2D eigenvalue weighted by molar-refractivity contribution is 7.10. The van der Waals surface area contributed by atoms with Crippen LogP contribution in [0.15, 0.2) is 35.7 Å². The Morgan fingerprint density at radius 3 is 2.88 bits per heavy atom. The zero-order chi connectivity index (χ0) is 17.1. The highest BCUT2D eigenvalue weighted by Crippen LogP contribution is 2.41. The van der Waals surface area contributed by atoms with Crippen LogP contribution in [0.2, 0.25) is 0 Å². The minimum absolute atomic E-state index is 0.0722. The number of hydrogen-bond donors (Lipinski definition) is 2. The van der Waals surface area contributed by atoms with E-state index in [1.807, 2.05) is 17.5 Å². The second-order valence-electron chi connectivity index (χ2n) is 6.07. The Kier molecular flexibility index (Phi) is 5.16. The number of hydrogen-bond acceptors (Lipinski definition) is 4. The number of benzene rings is 1. The molecule has 1 aromatic carbocycles. The number of methoxy groups -OCH3 is 1. The lowest BCUT2D eigenvalue weighted by Gasteiger charge is -2.38. The standard InChI is InChI=1S/C18H20FNO3S/c1-23-16-5-4-12(19)9-15(16)18(11-7-13(21)8-11)20-17(22)10-14-3-2-6-24-14/h2-6,9,11,13,18,21H,7-8,10H2,1H3,(H,20,22). The van der Waals surface area contributed by atoms with Crippen LogP contribution >= 0.6 is 11.3 Å². The lowest BCUT2D eigenvalue weighted by atomic mass is 9.74. The Hall–Kier alpha value is -1.92. The van der Waals surface area contributed by atoms with Gasteiger partial charge in [-0.3, -0.25) is 4.79 Å². The topological polar surface area (TPSA) is 58.6 Å². The molecule has 1 atom stereocenters. The number of amides is 1. The van der Waals surface area contributed by atoms with Crippen LogP contribution in [-0.2, 0) is 11.2 Å². The van der Waals surface area contributed by atoms with Gasteiger partial charge in [-0.2, -0.15) is 0 Å². The van der Waals surface area contributed by atoms with Gasteiger partial charge in [-0.15, -0.1) is 11.3 Å². The van der Waals surface area contributed by atoms with Gasteiger partial charge in [0.15, 0.2) is 0 Å². The molecule has 1 unspecified atom stereocenters. The van der Waals surface area contributed by atoms with Gasteiger partial charge in [-0.05, 0) is 48.4 Å². The van der Waals surface area contributed by atoms with Gasteiger partial charge in [0.1, 0.15) is 11.6 Å². The summed E-state index contributed by atoms with van der Waals surface area (Å²) in [6.07, 6.45) is 1.11. The second kappa shape index (κ2) is 7.32. The monoisotopic (exact) mass is 349 g/mol. The molecule has 1 aromatic heterocycles. The van der Waals surface area contributed by atoms with Gasteiger partial charge < -0.3 is 15.2 Å². The molecular formula is C18H20FNO3S. The Labute approximate surface area is 144 Å². The Morgan fingerprint density at radius 1 is 1.46 bits per heavy atom. The molecule has 1 fully saturated rings. The van der Waals surface area contributed by atoms with Crippen molar-refractivity contribution in [2.75, 3.05) is 7.11 Å². The molecule has 1 amide bonds. The first-order valence-corrected chi connectivity index (χ1v) is 8.78. The van der Waals surface area contributed by atoms with Gasteiger partial charge in [0.2, 0.25) is 5.91 Å². The third-order valence-electron chi connectivity index (χ3n) is 4.38. The van der Waals surface area contributed by atoms with Gasteiger partial charge in [0, 0.05) is 10.4 Å². The maximum Gasteiger partial charge on any atom is 0.225 e. The summed E-state index contributed by atoms with van der Waals surface area (Å²) in [6.45, 7) is 0. The van der Waals surface area contributed by atoms with E-state index < -0.39 is 0 Å². The zero-order valence-corrected chi connectivity index (χ0v) is 14.2. The van der Waals surface area contributed by atoms with Crippen molar-refractivity contribution in [3.63, 3.8) is 0 Å². The maximum absolute atomic E-state index is 13.7. The molecule has 0 aliphatic heterocycles. The predicted molar refractivity (Wildman–Crippen MR) is 90.6 cm³/mol. The maximum atomic E-state index is 13.7. The number of carbonyl (C=O) groups is 1. The predicted octanol–water partition coefficient (Wildman–Crippen LogP) is 3.07. The van der Waals surface area contributed by atoms with Crippen molar-refractivity contribution in [2.45, 2.75) is 31.4 Å². The number of aliphatic hydroxyl groups is 1. The average molecular weight is 349 g/mol. The quantitative estimate of drug-likeness (QED) is 0.843. The molecule has 0 saturated heterocycles. The summed E-state index contributed by atoms with van der Waals surface area (Å²) in [5, 5.41) is 14.6. The molecule has 1 aliphatic rings. The normalized spacial score (nSPS) is 21.0. The highest BCUT2D eigenvalue weighted by atomic mass is 32.1. The number of thiophene rings is 1. The van der Waals surface area contributed by atoms with E-state index in [1.54, 1.807) is 6.07 Å². The van der Waals surface area contributed by atoms with Crippen molar-refractivity contribution < 1.29 is 19.0 Å². The third kappa shape index (κ3) is 3.76. The fraction of sp³-hybridized carbons (Fsp3) is 0.389. The van der Waals surface area contributed by atoms with Crippen molar-refractivity contribution in [1.29, 1.82) is 0 Å². The zero-order valence-electron chi connectivity index (χ0n) is 13.4. The summed E-state index contributed by atoms with van der Waals surface area (Å²) >= 11 is 1.53. The Morgan fingerprint density at radius 2 is 2.25 bits per heavy atom. The summed E-state index contributed by atoms with van der Waals surface area (Å²) in [5.74, 6) is 0.125. The van der Waals surface area contributed by atoms with Gasteiger partial charge in [0.25, 0.3) is 0 Å². The van der Waals surface area contributed by atoms with Gasteiger partial charge in [-0.1, -0.05) is 6.07 Å². The van der Waals surface area contributed by atoms with Crippen LogP contribution in [0.25, 0.3) is 0 Å². The highest BCUT2D eigenvalue weighted by Gasteiger charge is 2.37. The van der Waals surface area contributed by atoms with E-state index in [0.717, 1.165) is 4.88 Å². The van der Waals surface area contributed by atoms with Crippen LogP contribution in [0.4, 0.5) is 4.39 Å². The number of ether oxygens (including phenoxy) is 1. The number of nitrogens with one attached hydrogen (secondary N) is 1. The summed E-state index contributed by atoms with van der Waals surface area (Å²) < 4.78 is 19.1. The van der Waals surface area contributed by atoms with Crippen molar-refractivity contribution in [3.8, 4) is 5.75 Å². The van der Waals surface area contributed by atoms with Gasteiger partial charge in [-0.25, -0.2) is 4.39 Å². The van der Waals surface area contributed by atoms with Crippen molar-refractivity contribution in [1.82, 2.24) is 5.32 Å². The molecule has 24 heavy (non-hydrogen) atoms. The number of halogens is 1. The first kappa shape index (κ1) is 16.9. The summed E-state index contributed by atoms with van der Waals surface area (Å²) in [5.41, 5.74) is 0.619. The largest absolute Gasteiger partial charge is 0.496 e. The van der Waals surface area contributed by atoms with E-state index in [-0.39, 0.29) is 29.8 Å². The SMILES string of the molecule is COc1ccc(F)cc1C(NC(=O)Cc1cccs1)C1CC(O)C1. The molecule has 6 heteroatoms. The molecule has 1 heterocycles. The van der Waals surface area contributed by atoms with Crippen LogP contribution in [0.3, 0.4) is 0 Å². The van der Waals surface area contributed by atoms with E-state index in [0.29, 0.717) is 30.6 Å². The molecular weight excluding hydrogens is 329 g/mol. The minimum Gasteiger partial charge on any atom is -0.496 e. The van der Waals surface area contributed by atoms with Crippen molar-refractivity contribution >= 4 is 17.2 Å². The molecule has 1 aliphatic carbocycles. The van der Waals surface area contributed by atoms with Crippen LogP contribution in [0.1, 0.15) is 29.3 Å². The number of aliphatic hydroxyl groups excluding tert-OH is 1. The molecule has 2 N–H and O–H groups in total. The van der Waals surface area contributed by atoms with Gasteiger partial charge in [0.05, 0.1) is 25.7 Å². The first-order chi connectivity index (χ1) is 11.6. The molecule has 0 spiro atoms. The molecule has 1 saturated carbocycles. The average Bonchev–Trinajstić information content (AvgIpc) is 3.02. The Balaban J connectivity index is 1.81. The van der Waals surface area contributed by atoms with Gasteiger partial charge >= 0.3 is 0 Å². The van der Waals surface area contributed by atoms with E-state index in [1.165, 1.54) is 30.6 Å². The minimum atomic E-state index is -0.372. The molecule has 0 bridgehead atoms. The van der Waals surface area contributed by atoms with E-state index >= 15 is 0 Å². The second-order valence-corrected chi connectivity index (χ2v) is 7.11. The number of rotatable bonds is 6. The molecule has 2 aromatic rings. The van der Waals surface area contributed by atoms with Crippen LogP contribution in [-0.4, -0.2) is 24.2 Å². The summed E-state index contributed by atoms with van der Waals surface area (Å²) in [6, 6.07) is 7.75. The molecule has 0 radical (unpaired) electrons. The lowest BCUT2D eigenvalue weighted by molar-refractivity contribution is -0.122. The first-order valence-electron chi connectivity index (χ1n) is 7.90. The lowest BCUT2D eigenvalue weighted by Crippen LogP contribution is -2.42. The van der Waals surface area contributed by atoms with Crippen LogP contribution < -0.4 is 10.1 Å². The smallest absolute Gasteiger partial charge is 0.225 e. The fourth-order valence-electron chi connectivity index (χ4n) is 3.10. The third-order valence-corrected chi connectivity index (χ3v) is 5.26. The summed E-state index contributed by atoms with van der Waals surface area (Å²) in [7, 11) is 1.52. The van der Waals surface area contributed by atoms with Crippen LogP contribution in [0, 0.1) is 11.7 Å². The molecule has 3 rings (SSSR count). The molecule has 128 valence electrons. The fourth-order valence-corrected chi connectivity index (χ4v) is 3.80. The van der Waals surface area contributed by atoms with Crippen molar-refractivity contribution in [2.24, 2.45) is 5.92 Å². The van der Waals surface area contributed by atoms with Crippen LogP contribution in [0.5, 0.6) is 5.75 Å². The van der Waals surface area contributed by atoms with E-state index in [4.69, 9.17) is 4.74 Å². The van der Waals surface area contributed by atoms with E-state index in [9.17, 15) is 14.3 Å². The summed E-state index contributed by atoms with van der Waals surface area (Å²) in [4.78, 5) is 13.4.